The summed E-state index contributed by atoms with van der Waals surface area (Å²) in [5.41, 5.74) is 0. The van der Waals surface area contributed by atoms with Crippen LogP contribution in [0, 0.1) is 0 Å². The van der Waals surface area contributed by atoms with E-state index in [9.17, 15) is 4.79 Å². The molecule has 0 aromatic carbocycles. The molecule has 0 aliphatic carbocycles. The fourth-order valence-electron chi connectivity index (χ4n) is 2.12. The van der Waals surface area contributed by atoms with Crippen LogP contribution in [-0.4, -0.2) is 12.6 Å². The van der Waals surface area contributed by atoms with E-state index in [0.717, 1.165) is 12.8 Å². The van der Waals surface area contributed by atoms with Gasteiger partial charge in [-0.2, -0.15) is 0 Å². The Balaban J connectivity index is 3.26. The van der Waals surface area contributed by atoms with Crippen LogP contribution in [-0.2, 0) is 9.53 Å². The summed E-state index contributed by atoms with van der Waals surface area (Å²) in [5.74, 6) is -0.306. The van der Waals surface area contributed by atoms with Crippen LogP contribution in [0.2, 0.25) is 6.04 Å². The third kappa shape index (κ3) is 17.8. The largest absolute Gasteiger partial charge is 0.460 e. The predicted molar refractivity (Wildman–Crippen MR) is 120 cm³/mol. The molecule has 2 nitrogen and oxygen atoms in total. The number of hydrogen-bond donors (Lipinski definition) is 0. The standard InChI is InChI=1S/C15H27I3O2Si/c1-3-15(19)20-14(2)12-10-8-6-4-5-7-9-11-13-21(16,17)18/h3,14H,1,4-13H2,2H3. The molecule has 0 heterocycles. The average molecular weight is 648 g/mol. The SMILES string of the molecule is C=CC(=O)OC(C)CCCCCCCCCC[Si](I)(I)I. The maximum Gasteiger partial charge on any atom is 0.330 e. The van der Waals surface area contributed by atoms with Crippen LogP contribution in [0.15, 0.2) is 12.7 Å². The highest BCUT2D eigenvalue weighted by molar-refractivity contribution is 14.4. The molecule has 0 aromatic heterocycles. The minimum absolute atomic E-state index is 0.0229. The zero-order valence-electron chi connectivity index (χ0n) is 12.9. The van der Waals surface area contributed by atoms with Crippen LogP contribution in [0.4, 0.5) is 0 Å². The molecule has 0 amide bonds. The highest BCUT2D eigenvalue weighted by Crippen LogP contribution is 2.35. The molecule has 0 radical (unpaired) electrons. The smallest absolute Gasteiger partial charge is 0.330 e. The van der Waals surface area contributed by atoms with Gasteiger partial charge in [0.05, 0.1) is 6.10 Å². The number of carbonyl (C=O) groups excluding carboxylic acids is 1. The molecule has 6 heteroatoms. The second kappa shape index (κ2) is 14.0. The summed E-state index contributed by atoms with van der Waals surface area (Å²) in [7, 11) is 0. The minimum Gasteiger partial charge on any atom is -0.460 e. The van der Waals surface area contributed by atoms with Gasteiger partial charge in [-0.15, -0.1) is 0 Å². The van der Waals surface area contributed by atoms with E-state index in [1.807, 2.05) is 6.92 Å². The van der Waals surface area contributed by atoms with Gasteiger partial charge in [-0.1, -0.05) is 117 Å². The van der Waals surface area contributed by atoms with Crippen LogP contribution in [0.5, 0.6) is 0 Å². The quantitative estimate of drug-likeness (QED) is 0.0546. The van der Waals surface area contributed by atoms with Crippen molar-refractivity contribution in [3.05, 3.63) is 12.7 Å². The normalized spacial score (nSPS) is 13.0. The van der Waals surface area contributed by atoms with Gasteiger partial charge in [-0.05, 0) is 25.8 Å². The summed E-state index contributed by atoms with van der Waals surface area (Å²) < 4.78 is 4.24. The first-order valence-electron chi connectivity index (χ1n) is 7.75. The van der Waals surface area contributed by atoms with E-state index in [-0.39, 0.29) is 12.1 Å². The molecule has 0 aromatic rings. The fourth-order valence-corrected chi connectivity index (χ4v) is 6.21. The molecule has 0 spiro atoms. The number of ether oxygens (including phenoxy) is 1. The van der Waals surface area contributed by atoms with Crippen LogP contribution < -0.4 is 0 Å². The molecule has 21 heavy (non-hydrogen) atoms. The summed E-state index contributed by atoms with van der Waals surface area (Å²) in [5, 5.41) is 0. The predicted octanol–water partition coefficient (Wildman–Crippen LogP) is 6.86. The van der Waals surface area contributed by atoms with E-state index in [2.05, 4.69) is 72.0 Å². The topological polar surface area (TPSA) is 26.3 Å². The first kappa shape index (κ1) is 22.6. The Morgan fingerprint density at radius 1 is 1.05 bits per heavy atom. The zero-order chi connectivity index (χ0) is 16.1. The molecule has 0 saturated heterocycles. The Morgan fingerprint density at radius 2 is 1.52 bits per heavy atom. The lowest BCUT2D eigenvalue weighted by atomic mass is 10.1. The first-order chi connectivity index (χ1) is 9.85. The lowest BCUT2D eigenvalue weighted by Crippen LogP contribution is -2.12. The molecule has 0 N–H and O–H groups in total. The Labute approximate surface area is 169 Å². The third-order valence-electron chi connectivity index (χ3n) is 3.30. The molecule has 124 valence electrons. The maximum absolute atomic E-state index is 11.0. The molecule has 0 aliphatic heterocycles. The zero-order valence-corrected chi connectivity index (χ0v) is 20.4. The average Bonchev–Trinajstić information content (AvgIpc) is 2.39. The molecule has 0 aliphatic rings. The Bertz CT molecular complexity index is 293. The van der Waals surface area contributed by atoms with Crippen molar-refractivity contribution in [3.8, 4) is 0 Å². The molecular weight excluding hydrogens is 621 g/mol. The van der Waals surface area contributed by atoms with E-state index in [0.29, 0.717) is 0 Å². The maximum atomic E-state index is 11.0. The fraction of sp³-hybridized carbons (Fsp3) is 0.800. The Kier molecular flexibility index (Phi) is 15.1. The second-order valence-corrected chi connectivity index (χ2v) is 42.3. The molecule has 0 saturated carbocycles. The van der Waals surface area contributed by atoms with Gasteiger partial charge < -0.3 is 4.74 Å². The van der Waals surface area contributed by atoms with Crippen LogP contribution >= 0.6 is 65.4 Å². The van der Waals surface area contributed by atoms with Crippen molar-refractivity contribution in [1.29, 1.82) is 0 Å². The van der Waals surface area contributed by atoms with E-state index in [4.69, 9.17) is 4.74 Å². The van der Waals surface area contributed by atoms with Crippen molar-refractivity contribution >= 4 is 71.9 Å². The molecule has 1 atom stereocenters. The van der Waals surface area contributed by atoms with Crippen molar-refractivity contribution in [2.75, 3.05) is 0 Å². The number of unbranched alkanes of at least 4 members (excludes halogenated alkanes) is 7. The lowest BCUT2D eigenvalue weighted by Gasteiger charge is -2.11. The summed E-state index contributed by atoms with van der Waals surface area (Å²) in [4.78, 5) is 11.0. The van der Waals surface area contributed by atoms with Gasteiger partial charge in [0.25, 0.3) is 0.564 Å². The number of halogens is 3. The highest BCUT2D eigenvalue weighted by Gasteiger charge is 2.19. The first-order valence-corrected chi connectivity index (χ1v) is 19.3. The Hall–Kier alpha value is 1.62. The second-order valence-electron chi connectivity index (χ2n) is 5.43. The number of rotatable bonds is 13. The third-order valence-corrected chi connectivity index (χ3v) is 9.08. The number of carbonyl (C=O) groups is 1. The van der Waals surface area contributed by atoms with E-state index in [1.165, 1.54) is 57.1 Å². The van der Waals surface area contributed by atoms with Gasteiger partial charge in [-0.25, -0.2) is 4.79 Å². The van der Waals surface area contributed by atoms with E-state index >= 15 is 0 Å². The molecule has 0 bridgehead atoms. The minimum atomic E-state index is -0.901. The molecule has 0 rings (SSSR count). The molecular formula is C15H27I3O2Si. The molecule has 1 unspecified atom stereocenters. The Morgan fingerprint density at radius 3 is 2.00 bits per heavy atom. The van der Waals surface area contributed by atoms with Gasteiger partial charge in [0.1, 0.15) is 0 Å². The van der Waals surface area contributed by atoms with Crippen molar-refractivity contribution in [2.24, 2.45) is 0 Å². The van der Waals surface area contributed by atoms with Crippen LogP contribution in [0.25, 0.3) is 0 Å². The monoisotopic (exact) mass is 648 g/mol. The van der Waals surface area contributed by atoms with Crippen molar-refractivity contribution in [1.82, 2.24) is 0 Å². The van der Waals surface area contributed by atoms with Gasteiger partial charge >= 0.3 is 5.97 Å². The van der Waals surface area contributed by atoms with Crippen molar-refractivity contribution < 1.29 is 9.53 Å². The van der Waals surface area contributed by atoms with Crippen LogP contribution in [0.3, 0.4) is 0 Å². The van der Waals surface area contributed by atoms with Crippen molar-refractivity contribution in [2.45, 2.75) is 76.9 Å². The summed E-state index contributed by atoms with van der Waals surface area (Å²) >= 11 is 7.95. The van der Waals surface area contributed by atoms with E-state index in [1.54, 1.807) is 0 Å². The summed E-state index contributed by atoms with van der Waals surface area (Å²) in [6.45, 7) is 5.36. The number of esters is 1. The van der Waals surface area contributed by atoms with Gasteiger partial charge in [-0.3, -0.25) is 0 Å². The van der Waals surface area contributed by atoms with Crippen LogP contribution in [0.1, 0.15) is 64.7 Å². The number of hydrogen-bond acceptors (Lipinski definition) is 2. The van der Waals surface area contributed by atoms with Gasteiger partial charge in [0.15, 0.2) is 0 Å². The molecule has 0 fully saturated rings. The summed E-state index contributed by atoms with van der Waals surface area (Å²) in [6.07, 6.45) is 12.9. The van der Waals surface area contributed by atoms with Crippen molar-refractivity contribution in [3.63, 3.8) is 0 Å². The van der Waals surface area contributed by atoms with Gasteiger partial charge in [0.2, 0.25) is 0 Å². The van der Waals surface area contributed by atoms with Gasteiger partial charge in [0, 0.05) is 6.08 Å². The summed E-state index contributed by atoms with van der Waals surface area (Å²) in [6, 6.07) is 1.44. The highest BCUT2D eigenvalue weighted by atomic mass is 127. The lowest BCUT2D eigenvalue weighted by molar-refractivity contribution is -0.142. The van der Waals surface area contributed by atoms with E-state index < -0.39 is 0.564 Å².